The lowest BCUT2D eigenvalue weighted by Gasteiger charge is -1.95. The van der Waals surface area contributed by atoms with Crippen molar-refractivity contribution in [1.82, 2.24) is 0 Å². The summed E-state index contributed by atoms with van der Waals surface area (Å²) in [5.41, 5.74) is 0. The molecule has 0 aliphatic rings. The predicted octanol–water partition coefficient (Wildman–Crippen LogP) is 1.43. The average molecular weight is 149 g/mol. The van der Waals surface area contributed by atoms with E-state index in [0.717, 1.165) is 6.42 Å². The van der Waals surface area contributed by atoms with Gasteiger partial charge in [0, 0.05) is 12.4 Å². The molecule has 0 aliphatic heterocycles. The summed E-state index contributed by atoms with van der Waals surface area (Å²) in [6.45, 7) is 2.60. The van der Waals surface area contributed by atoms with Crippen LogP contribution in [0.3, 0.4) is 0 Å². The monoisotopic (exact) mass is 149 g/mol. The Morgan fingerprint density at radius 1 is 1.75 bits per heavy atom. The molecular weight excluding hydrogens is 142 g/mol. The minimum atomic E-state index is 0.168. The van der Waals surface area contributed by atoms with Gasteiger partial charge in [0.1, 0.15) is 0 Å². The van der Waals surface area contributed by atoms with E-state index in [2.05, 4.69) is 29.0 Å². The van der Waals surface area contributed by atoms with Gasteiger partial charge < -0.3 is 4.74 Å². The van der Waals surface area contributed by atoms with Crippen LogP contribution in [-0.2, 0) is 17.2 Å². The van der Waals surface area contributed by atoms with E-state index in [1.54, 1.807) is 0 Å². The molecule has 0 N–H and O–H groups in total. The lowest BCUT2D eigenvalue weighted by Crippen LogP contribution is -1.97. The van der Waals surface area contributed by atoms with Crippen LogP contribution < -0.4 is 0 Å². The van der Waals surface area contributed by atoms with E-state index in [-0.39, 0.29) is 5.17 Å². The van der Waals surface area contributed by atoms with Crippen LogP contribution in [0.2, 0.25) is 0 Å². The number of nitrogens with zero attached hydrogens (tertiary/aromatic N) is 1. The number of ether oxygens (including phenoxy) is 1. The number of thiocarbonyl (C=S) groups is 1. The Hall–Kier alpha value is -0.0900. The van der Waals surface area contributed by atoms with Gasteiger partial charge in [-0.1, -0.05) is 6.92 Å². The van der Waals surface area contributed by atoms with E-state index in [4.69, 9.17) is 4.74 Å². The zero-order chi connectivity index (χ0) is 6.41. The van der Waals surface area contributed by atoms with Crippen LogP contribution in [-0.4, -0.2) is 11.8 Å². The summed E-state index contributed by atoms with van der Waals surface area (Å²) in [6, 6.07) is 0. The Labute approximate surface area is 59.4 Å². The first-order chi connectivity index (χ1) is 3.81. The second-order valence-corrected chi connectivity index (χ2v) is 1.74. The van der Waals surface area contributed by atoms with Gasteiger partial charge in [-0.15, -0.1) is 4.36 Å². The summed E-state index contributed by atoms with van der Waals surface area (Å²) in [5, 5.41) is 0.168. The third-order valence-electron chi connectivity index (χ3n) is 0.504. The van der Waals surface area contributed by atoms with Crippen molar-refractivity contribution in [2.75, 3.05) is 6.61 Å². The first kappa shape index (κ1) is 7.91. The highest BCUT2D eigenvalue weighted by molar-refractivity contribution is 7.80. The fourth-order valence-electron chi connectivity index (χ4n) is 0.216. The molecule has 0 saturated heterocycles. The van der Waals surface area contributed by atoms with Crippen molar-refractivity contribution >= 4 is 29.8 Å². The summed E-state index contributed by atoms with van der Waals surface area (Å²) >= 11 is 8.77. The fourth-order valence-corrected chi connectivity index (χ4v) is 0.352. The lowest BCUT2D eigenvalue weighted by molar-refractivity contribution is 0.309. The molecular formula is C4H7NOS2. The normalized spacial score (nSPS) is 8.12. The van der Waals surface area contributed by atoms with Crippen molar-refractivity contribution in [2.45, 2.75) is 13.3 Å². The highest BCUT2D eigenvalue weighted by Gasteiger charge is 1.87. The third kappa shape index (κ3) is 4.08. The Bertz CT molecular complexity index is 94.0. The van der Waals surface area contributed by atoms with Crippen molar-refractivity contribution in [3.05, 3.63) is 0 Å². The Morgan fingerprint density at radius 2 is 2.38 bits per heavy atom. The maximum absolute atomic E-state index is 4.80. The van der Waals surface area contributed by atoms with Gasteiger partial charge in [0.25, 0.3) is 5.17 Å². The molecule has 0 atom stereocenters. The molecule has 2 nitrogen and oxygen atoms in total. The molecule has 0 spiro atoms. The number of rotatable bonds is 2. The minimum Gasteiger partial charge on any atom is -0.469 e. The van der Waals surface area contributed by atoms with E-state index in [1.165, 1.54) is 0 Å². The molecule has 0 aromatic heterocycles. The minimum absolute atomic E-state index is 0.168. The second-order valence-electron chi connectivity index (χ2n) is 1.21. The van der Waals surface area contributed by atoms with E-state index in [0.29, 0.717) is 6.61 Å². The molecule has 0 amide bonds. The number of hydrogen-bond donors (Lipinski definition) is 0. The summed E-state index contributed by atoms with van der Waals surface area (Å²) < 4.78 is 8.02. The second kappa shape index (κ2) is 5.05. The molecule has 0 aromatic carbocycles. The molecule has 0 aliphatic carbocycles. The molecule has 0 heterocycles. The molecule has 0 rings (SSSR count). The van der Waals surface area contributed by atoms with E-state index in [9.17, 15) is 0 Å². The van der Waals surface area contributed by atoms with Crippen molar-refractivity contribution in [3.63, 3.8) is 0 Å². The largest absolute Gasteiger partial charge is 0.469 e. The van der Waals surface area contributed by atoms with Crippen LogP contribution in [0.5, 0.6) is 0 Å². The van der Waals surface area contributed by atoms with Crippen molar-refractivity contribution in [3.8, 4) is 0 Å². The summed E-state index contributed by atoms with van der Waals surface area (Å²) in [7, 11) is 0. The Morgan fingerprint density at radius 3 is 2.75 bits per heavy atom. The first-order valence-corrected chi connectivity index (χ1v) is 3.08. The lowest BCUT2D eigenvalue weighted by atomic mass is 10.5. The topological polar surface area (TPSA) is 21.6 Å². The van der Waals surface area contributed by atoms with Crippen LogP contribution in [0.25, 0.3) is 0 Å². The van der Waals surface area contributed by atoms with Gasteiger partial charge in [-0.25, -0.2) is 0 Å². The fraction of sp³-hybridized carbons (Fsp3) is 0.750. The van der Waals surface area contributed by atoms with Crippen molar-refractivity contribution in [1.29, 1.82) is 0 Å². The molecule has 0 bridgehead atoms. The quantitative estimate of drug-likeness (QED) is 0.554. The van der Waals surface area contributed by atoms with E-state index in [1.807, 2.05) is 6.92 Å². The van der Waals surface area contributed by atoms with E-state index >= 15 is 0 Å². The van der Waals surface area contributed by atoms with Gasteiger partial charge in [0.15, 0.2) is 0 Å². The maximum atomic E-state index is 4.80. The zero-order valence-electron chi connectivity index (χ0n) is 4.59. The summed E-state index contributed by atoms with van der Waals surface area (Å²) in [6.07, 6.45) is 0.936. The summed E-state index contributed by atoms with van der Waals surface area (Å²) in [5.74, 6) is 0. The van der Waals surface area contributed by atoms with Crippen LogP contribution in [0.15, 0.2) is 4.36 Å². The van der Waals surface area contributed by atoms with Gasteiger partial charge in [-0.3, -0.25) is 0 Å². The highest BCUT2D eigenvalue weighted by Crippen LogP contribution is 1.84. The third-order valence-corrected chi connectivity index (χ3v) is 0.995. The van der Waals surface area contributed by atoms with Crippen LogP contribution in [0, 0.1) is 0 Å². The molecule has 0 unspecified atom stereocenters. The molecule has 0 radical (unpaired) electrons. The van der Waals surface area contributed by atoms with Crippen molar-refractivity contribution < 1.29 is 4.74 Å². The van der Waals surface area contributed by atoms with E-state index < -0.39 is 0 Å². The molecule has 0 fully saturated rings. The molecule has 46 valence electrons. The van der Waals surface area contributed by atoms with Crippen LogP contribution in [0.1, 0.15) is 13.3 Å². The van der Waals surface area contributed by atoms with Gasteiger partial charge >= 0.3 is 0 Å². The Balaban J connectivity index is 3.11. The number of hydrogen-bond acceptors (Lipinski definition) is 3. The standard InChI is InChI=1S/C4H7NOS2/c1-2-3-6-4(7)5-8/h2-3H2,1H3. The Kier molecular flexibility index (Phi) is 5.00. The smallest absolute Gasteiger partial charge is 0.295 e. The van der Waals surface area contributed by atoms with Gasteiger partial charge in [0.05, 0.1) is 6.61 Å². The van der Waals surface area contributed by atoms with Crippen molar-refractivity contribution in [2.24, 2.45) is 4.36 Å². The molecule has 0 saturated carbocycles. The van der Waals surface area contributed by atoms with Crippen LogP contribution in [0.4, 0.5) is 0 Å². The SMILES string of the molecule is CCCOC(=S)N=S. The first-order valence-electron chi connectivity index (χ1n) is 2.31. The highest BCUT2D eigenvalue weighted by atomic mass is 32.1. The molecule has 0 aromatic rings. The van der Waals surface area contributed by atoms with Gasteiger partial charge in [0.2, 0.25) is 0 Å². The predicted molar refractivity (Wildman–Crippen MR) is 38.6 cm³/mol. The molecule has 8 heavy (non-hydrogen) atoms. The molecule has 4 heteroatoms. The maximum Gasteiger partial charge on any atom is 0.295 e. The zero-order valence-corrected chi connectivity index (χ0v) is 6.22. The average Bonchev–Trinajstić information content (AvgIpc) is 1.83. The van der Waals surface area contributed by atoms with Gasteiger partial charge in [-0.05, 0) is 18.6 Å². The van der Waals surface area contributed by atoms with Crippen LogP contribution >= 0.6 is 12.2 Å². The summed E-state index contributed by atoms with van der Waals surface area (Å²) in [4.78, 5) is 0. The van der Waals surface area contributed by atoms with Gasteiger partial charge in [-0.2, -0.15) is 0 Å².